The summed E-state index contributed by atoms with van der Waals surface area (Å²) in [4.78, 5) is 4.29. The van der Waals surface area contributed by atoms with Crippen molar-refractivity contribution in [3.8, 4) is 0 Å². The highest BCUT2D eigenvalue weighted by Gasteiger charge is 2.28. The Bertz CT molecular complexity index is 307. The zero-order valence-corrected chi connectivity index (χ0v) is 8.53. The van der Waals surface area contributed by atoms with Gasteiger partial charge in [0.05, 0.1) is 6.04 Å². The molecule has 0 spiro atoms. The fourth-order valence-corrected chi connectivity index (χ4v) is 2.08. The van der Waals surface area contributed by atoms with Gasteiger partial charge in [-0.3, -0.25) is 16.3 Å². The van der Waals surface area contributed by atoms with Crippen molar-refractivity contribution in [2.45, 2.75) is 32.2 Å². The molecule has 1 aliphatic rings. The lowest BCUT2D eigenvalue weighted by Gasteiger charge is -2.34. The zero-order chi connectivity index (χ0) is 9.97. The van der Waals surface area contributed by atoms with Crippen molar-refractivity contribution in [2.24, 2.45) is 11.8 Å². The van der Waals surface area contributed by atoms with Crippen molar-refractivity contribution in [3.05, 3.63) is 29.6 Å². The van der Waals surface area contributed by atoms with E-state index in [1.54, 1.807) is 0 Å². The topological polar surface area (TPSA) is 50.9 Å². The monoisotopic (exact) mass is 191 g/mol. The van der Waals surface area contributed by atoms with Gasteiger partial charge in [-0.15, -0.1) is 0 Å². The van der Waals surface area contributed by atoms with Crippen LogP contribution < -0.4 is 11.3 Å². The van der Waals surface area contributed by atoms with Crippen molar-refractivity contribution in [1.29, 1.82) is 0 Å². The Morgan fingerprint density at radius 1 is 1.57 bits per heavy atom. The van der Waals surface area contributed by atoms with Gasteiger partial charge < -0.3 is 0 Å². The number of nitrogens with two attached hydrogens (primary N) is 1. The van der Waals surface area contributed by atoms with E-state index in [0.29, 0.717) is 5.92 Å². The summed E-state index contributed by atoms with van der Waals surface area (Å²) in [6.45, 7) is 2.04. The van der Waals surface area contributed by atoms with Gasteiger partial charge in [-0.25, -0.2) is 0 Å². The normalized spacial score (nSPS) is 19.0. The summed E-state index contributed by atoms with van der Waals surface area (Å²) in [6, 6.07) is 4.38. The first-order valence-electron chi connectivity index (χ1n) is 5.20. The van der Waals surface area contributed by atoms with Crippen LogP contribution in [0.1, 0.15) is 36.6 Å². The number of pyridine rings is 1. The molecule has 1 atom stereocenters. The van der Waals surface area contributed by atoms with Crippen LogP contribution in [0.5, 0.6) is 0 Å². The summed E-state index contributed by atoms with van der Waals surface area (Å²) in [5, 5.41) is 0. The number of hydrazine groups is 1. The molecule has 0 radical (unpaired) electrons. The van der Waals surface area contributed by atoms with Crippen molar-refractivity contribution in [3.63, 3.8) is 0 Å². The molecule has 2 rings (SSSR count). The van der Waals surface area contributed by atoms with Gasteiger partial charge in [-0.2, -0.15) is 0 Å². The van der Waals surface area contributed by atoms with Gasteiger partial charge >= 0.3 is 0 Å². The third-order valence-corrected chi connectivity index (χ3v) is 3.18. The van der Waals surface area contributed by atoms with Gasteiger partial charge in [0.2, 0.25) is 0 Å². The number of hydrogen-bond donors (Lipinski definition) is 2. The molecule has 0 aliphatic heterocycles. The van der Waals surface area contributed by atoms with Crippen LogP contribution in [0, 0.1) is 12.8 Å². The first-order chi connectivity index (χ1) is 6.83. The molecule has 1 aromatic rings. The van der Waals surface area contributed by atoms with Crippen LogP contribution in [-0.4, -0.2) is 4.98 Å². The Labute approximate surface area is 84.7 Å². The number of nitrogens with one attached hydrogen (secondary N) is 1. The average Bonchev–Trinajstić information content (AvgIpc) is 2.12. The van der Waals surface area contributed by atoms with Gasteiger partial charge in [-0.05, 0) is 37.3 Å². The fourth-order valence-electron chi connectivity index (χ4n) is 2.08. The second-order valence-electron chi connectivity index (χ2n) is 4.01. The van der Waals surface area contributed by atoms with Crippen LogP contribution in [0.25, 0.3) is 0 Å². The number of nitrogens with zero attached hydrogens (tertiary/aromatic N) is 1. The summed E-state index contributed by atoms with van der Waals surface area (Å²) in [7, 11) is 0. The summed E-state index contributed by atoms with van der Waals surface area (Å²) < 4.78 is 0. The lowest BCUT2D eigenvalue weighted by molar-refractivity contribution is 0.231. The van der Waals surface area contributed by atoms with E-state index in [2.05, 4.69) is 16.5 Å². The van der Waals surface area contributed by atoms with E-state index in [0.717, 1.165) is 5.69 Å². The van der Waals surface area contributed by atoms with Crippen LogP contribution in [0.2, 0.25) is 0 Å². The molecule has 76 valence electrons. The van der Waals surface area contributed by atoms with Gasteiger partial charge in [0.1, 0.15) is 0 Å². The fraction of sp³-hybridized carbons (Fsp3) is 0.545. The van der Waals surface area contributed by atoms with E-state index in [-0.39, 0.29) is 6.04 Å². The molecule has 3 heteroatoms. The maximum atomic E-state index is 5.61. The first kappa shape index (κ1) is 9.62. The third kappa shape index (κ3) is 1.65. The molecular formula is C11H17N3. The molecule has 3 nitrogen and oxygen atoms in total. The largest absolute Gasteiger partial charge is 0.271 e. The van der Waals surface area contributed by atoms with Crippen molar-refractivity contribution in [1.82, 2.24) is 10.4 Å². The molecule has 14 heavy (non-hydrogen) atoms. The van der Waals surface area contributed by atoms with Crippen LogP contribution in [0.15, 0.2) is 18.3 Å². The second-order valence-corrected chi connectivity index (χ2v) is 4.01. The summed E-state index contributed by atoms with van der Waals surface area (Å²) in [5.74, 6) is 6.30. The van der Waals surface area contributed by atoms with E-state index >= 15 is 0 Å². The van der Waals surface area contributed by atoms with Gasteiger partial charge in [-0.1, -0.05) is 12.5 Å². The minimum Gasteiger partial charge on any atom is -0.271 e. The van der Waals surface area contributed by atoms with E-state index in [4.69, 9.17) is 5.84 Å². The van der Waals surface area contributed by atoms with E-state index in [9.17, 15) is 0 Å². The minimum absolute atomic E-state index is 0.289. The van der Waals surface area contributed by atoms with Gasteiger partial charge in [0, 0.05) is 11.9 Å². The van der Waals surface area contributed by atoms with E-state index < -0.39 is 0 Å². The first-order valence-corrected chi connectivity index (χ1v) is 5.20. The number of aryl methyl sites for hydroxylation is 1. The molecule has 3 N–H and O–H groups in total. The van der Waals surface area contributed by atoms with Crippen LogP contribution in [-0.2, 0) is 0 Å². The highest BCUT2D eigenvalue weighted by molar-refractivity contribution is 5.23. The van der Waals surface area contributed by atoms with Gasteiger partial charge in [0.25, 0.3) is 0 Å². The zero-order valence-electron chi connectivity index (χ0n) is 8.53. The molecule has 1 saturated carbocycles. The molecule has 1 aromatic heterocycles. The Morgan fingerprint density at radius 2 is 2.36 bits per heavy atom. The molecule has 1 aliphatic carbocycles. The second kappa shape index (κ2) is 4.07. The third-order valence-electron chi connectivity index (χ3n) is 3.18. The standard InChI is InChI=1S/C11H17N3/c1-8-10(6-3-7-13-8)11(14-12)9-4-2-5-9/h3,6-7,9,11,14H,2,4-5,12H2,1H3. The Morgan fingerprint density at radius 3 is 2.86 bits per heavy atom. The van der Waals surface area contributed by atoms with Crippen LogP contribution in [0.3, 0.4) is 0 Å². The van der Waals surface area contributed by atoms with Crippen molar-refractivity contribution >= 4 is 0 Å². The lowest BCUT2D eigenvalue weighted by atomic mass is 9.77. The highest BCUT2D eigenvalue weighted by Crippen LogP contribution is 2.37. The SMILES string of the molecule is Cc1ncccc1C(NN)C1CCC1. The summed E-state index contributed by atoms with van der Waals surface area (Å²) in [5.41, 5.74) is 5.26. The number of aromatic nitrogens is 1. The molecule has 0 saturated heterocycles. The molecule has 1 unspecified atom stereocenters. The van der Waals surface area contributed by atoms with Crippen LogP contribution in [0.4, 0.5) is 0 Å². The molecule has 1 fully saturated rings. The highest BCUT2D eigenvalue weighted by atomic mass is 15.2. The molecule has 0 amide bonds. The smallest absolute Gasteiger partial charge is 0.0506 e. The van der Waals surface area contributed by atoms with E-state index in [1.807, 2.05) is 19.2 Å². The Kier molecular flexibility index (Phi) is 2.79. The summed E-state index contributed by atoms with van der Waals surface area (Å²) in [6.07, 6.45) is 5.72. The molecule has 0 bridgehead atoms. The predicted octanol–water partition coefficient (Wildman–Crippen LogP) is 1.69. The Balaban J connectivity index is 2.22. The number of rotatable bonds is 3. The maximum absolute atomic E-state index is 5.61. The maximum Gasteiger partial charge on any atom is 0.0506 e. The van der Waals surface area contributed by atoms with Crippen molar-refractivity contribution < 1.29 is 0 Å². The minimum atomic E-state index is 0.289. The molecular weight excluding hydrogens is 174 g/mol. The molecule has 0 aromatic carbocycles. The predicted molar refractivity (Wildman–Crippen MR) is 56.4 cm³/mol. The van der Waals surface area contributed by atoms with Crippen LogP contribution >= 0.6 is 0 Å². The average molecular weight is 191 g/mol. The lowest BCUT2D eigenvalue weighted by Crippen LogP contribution is -2.36. The van der Waals surface area contributed by atoms with E-state index in [1.165, 1.54) is 24.8 Å². The van der Waals surface area contributed by atoms with Crippen molar-refractivity contribution in [2.75, 3.05) is 0 Å². The summed E-state index contributed by atoms with van der Waals surface area (Å²) >= 11 is 0. The Hall–Kier alpha value is -0.930. The molecule has 1 heterocycles. The number of hydrogen-bond acceptors (Lipinski definition) is 3. The van der Waals surface area contributed by atoms with Gasteiger partial charge in [0.15, 0.2) is 0 Å². The quantitative estimate of drug-likeness (QED) is 0.564.